The van der Waals surface area contributed by atoms with E-state index in [1.807, 2.05) is 12.2 Å². The van der Waals surface area contributed by atoms with Gasteiger partial charge in [-0.2, -0.15) is 13.2 Å². The van der Waals surface area contributed by atoms with E-state index in [1.165, 1.54) is 10.6 Å². The number of aryl methyl sites for hydroxylation is 2. The van der Waals surface area contributed by atoms with Gasteiger partial charge in [0.15, 0.2) is 5.82 Å². The zero-order valence-electron chi connectivity index (χ0n) is 17.0. The van der Waals surface area contributed by atoms with Crippen molar-refractivity contribution in [2.75, 3.05) is 0 Å². The van der Waals surface area contributed by atoms with Gasteiger partial charge in [-0.05, 0) is 44.0 Å². The molecule has 0 saturated heterocycles. The summed E-state index contributed by atoms with van der Waals surface area (Å²) in [7, 11) is 0. The molecule has 0 spiro atoms. The lowest BCUT2D eigenvalue weighted by Gasteiger charge is -2.17. The SMILES string of the molecule is CCc1cc(-c2nnc(C(=O)NC(C)C(F)(F)F)n2-c2ccc(C)cc2)c(O)cc1O. The number of hydrogen-bond donors (Lipinski definition) is 3. The maximum absolute atomic E-state index is 12.9. The first-order valence-corrected chi connectivity index (χ1v) is 9.48. The molecule has 31 heavy (non-hydrogen) atoms. The molecule has 164 valence electrons. The van der Waals surface area contributed by atoms with Crippen molar-refractivity contribution in [2.24, 2.45) is 0 Å². The number of phenolic OH excluding ortho intramolecular Hbond substituents is 2. The Morgan fingerprint density at radius 1 is 1.13 bits per heavy atom. The van der Waals surface area contributed by atoms with E-state index in [9.17, 15) is 28.2 Å². The molecule has 7 nitrogen and oxygen atoms in total. The highest BCUT2D eigenvalue weighted by molar-refractivity contribution is 5.92. The number of phenols is 2. The first-order valence-electron chi connectivity index (χ1n) is 9.48. The van der Waals surface area contributed by atoms with Crippen LogP contribution in [0.3, 0.4) is 0 Å². The summed E-state index contributed by atoms with van der Waals surface area (Å²) in [6, 6.07) is 7.38. The summed E-state index contributed by atoms with van der Waals surface area (Å²) in [6.07, 6.45) is -4.17. The van der Waals surface area contributed by atoms with E-state index in [0.29, 0.717) is 17.7 Å². The van der Waals surface area contributed by atoms with Crippen molar-refractivity contribution in [3.05, 3.63) is 53.3 Å². The van der Waals surface area contributed by atoms with E-state index < -0.39 is 18.1 Å². The second kappa shape index (κ2) is 8.29. The largest absolute Gasteiger partial charge is 0.508 e. The van der Waals surface area contributed by atoms with Crippen LogP contribution in [0, 0.1) is 6.92 Å². The number of rotatable bonds is 5. The van der Waals surface area contributed by atoms with Gasteiger partial charge in [-0.3, -0.25) is 9.36 Å². The highest BCUT2D eigenvalue weighted by Gasteiger charge is 2.38. The smallest absolute Gasteiger partial charge is 0.408 e. The van der Waals surface area contributed by atoms with Gasteiger partial charge in [0.25, 0.3) is 5.91 Å². The van der Waals surface area contributed by atoms with Crippen molar-refractivity contribution in [3.8, 4) is 28.6 Å². The summed E-state index contributed by atoms with van der Waals surface area (Å²) in [5, 5.41) is 30.0. The number of aromatic nitrogens is 3. The highest BCUT2D eigenvalue weighted by atomic mass is 19.4. The Morgan fingerprint density at radius 2 is 1.77 bits per heavy atom. The maximum atomic E-state index is 12.9. The molecule has 3 rings (SSSR count). The molecule has 0 radical (unpaired) electrons. The number of hydrogen-bond acceptors (Lipinski definition) is 5. The van der Waals surface area contributed by atoms with E-state index in [-0.39, 0.29) is 28.7 Å². The van der Waals surface area contributed by atoms with Gasteiger partial charge in [0.2, 0.25) is 5.82 Å². The number of nitrogens with one attached hydrogen (secondary N) is 1. The predicted octanol–water partition coefficient (Wildman–Crippen LogP) is 3.90. The van der Waals surface area contributed by atoms with Crippen LogP contribution in [0.5, 0.6) is 11.5 Å². The van der Waals surface area contributed by atoms with Crippen LogP contribution >= 0.6 is 0 Å². The number of amides is 1. The molecule has 3 N–H and O–H groups in total. The molecule has 1 amide bonds. The van der Waals surface area contributed by atoms with Crippen molar-refractivity contribution in [3.63, 3.8) is 0 Å². The van der Waals surface area contributed by atoms with Crippen LogP contribution in [0.4, 0.5) is 13.2 Å². The van der Waals surface area contributed by atoms with Gasteiger partial charge in [0.05, 0.1) is 5.56 Å². The standard InChI is InChI=1S/C21H21F3N4O3/c1-4-13-9-15(17(30)10-16(13)29)18-26-27-19(20(31)25-12(3)21(22,23)24)28(18)14-7-5-11(2)6-8-14/h5-10,12,29-30H,4H2,1-3H3,(H,25,31). The third kappa shape index (κ3) is 4.47. The topological polar surface area (TPSA) is 100 Å². The lowest BCUT2D eigenvalue weighted by atomic mass is 10.1. The molecule has 0 aliphatic heterocycles. The molecule has 0 fully saturated rings. The summed E-state index contributed by atoms with van der Waals surface area (Å²) in [6.45, 7) is 4.48. The van der Waals surface area contributed by atoms with Crippen LogP contribution < -0.4 is 5.32 Å². The fourth-order valence-electron chi connectivity index (χ4n) is 2.97. The van der Waals surface area contributed by atoms with E-state index >= 15 is 0 Å². The molecular formula is C21H21F3N4O3. The third-order valence-electron chi connectivity index (χ3n) is 4.82. The summed E-state index contributed by atoms with van der Waals surface area (Å²) in [4.78, 5) is 12.6. The van der Waals surface area contributed by atoms with Crippen molar-refractivity contribution in [2.45, 2.75) is 39.4 Å². The Hall–Kier alpha value is -3.56. The quantitative estimate of drug-likeness (QED) is 0.566. The second-order valence-electron chi connectivity index (χ2n) is 7.11. The predicted molar refractivity (Wildman–Crippen MR) is 107 cm³/mol. The van der Waals surface area contributed by atoms with E-state index in [4.69, 9.17) is 0 Å². The van der Waals surface area contributed by atoms with E-state index in [0.717, 1.165) is 18.6 Å². The Balaban J connectivity index is 2.18. The van der Waals surface area contributed by atoms with Crippen LogP contribution in [-0.2, 0) is 6.42 Å². The first kappa shape index (κ1) is 22.1. The van der Waals surface area contributed by atoms with Crippen molar-refractivity contribution in [1.29, 1.82) is 0 Å². The summed E-state index contributed by atoms with van der Waals surface area (Å²) in [5.74, 6) is -1.83. The average molecular weight is 434 g/mol. The van der Waals surface area contributed by atoms with Gasteiger partial charge in [-0.15, -0.1) is 10.2 Å². The van der Waals surface area contributed by atoms with Crippen molar-refractivity contribution in [1.82, 2.24) is 20.1 Å². The van der Waals surface area contributed by atoms with Gasteiger partial charge in [0, 0.05) is 11.8 Å². The van der Waals surface area contributed by atoms with Crippen LogP contribution in [0.2, 0.25) is 0 Å². The zero-order chi connectivity index (χ0) is 22.9. The Labute approximate surface area is 176 Å². The number of carbonyl (C=O) groups is 1. The molecule has 1 unspecified atom stereocenters. The summed E-state index contributed by atoms with van der Waals surface area (Å²) < 4.78 is 40.0. The van der Waals surface area contributed by atoms with Crippen molar-refractivity contribution >= 4 is 5.91 Å². The minimum atomic E-state index is -4.63. The van der Waals surface area contributed by atoms with Crippen LogP contribution in [0.15, 0.2) is 36.4 Å². The second-order valence-corrected chi connectivity index (χ2v) is 7.11. The van der Waals surface area contributed by atoms with E-state index in [1.54, 1.807) is 31.2 Å². The molecule has 1 atom stereocenters. The summed E-state index contributed by atoms with van der Waals surface area (Å²) >= 11 is 0. The molecule has 3 aromatic rings. The molecule has 0 aliphatic carbocycles. The lowest BCUT2D eigenvalue weighted by molar-refractivity contribution is -0.149. The zero-order valence-corrected chi connectivity index (χ0v) is 17.0. The lowest BCUT2D eigenvalue weighted by Crippen LogP contribution is -2.43. The van der Waals surface area contributed by atoms with Gasteiger partial charge >= 0.3 is 6.18 Å². The monoisotopic (exact) mass is 434 g/mol. The number of halogens is 3. The fourth-order valence-corrected chi connectivity index (χ4v) is 2.97. The minimum Gasteiger partial charge on any atom is -0.508 e. The molecule has 1 heterocycles. The fraction of sp³-hybridized carbons (Fsp3) is 0.286. The van der Waals surface area contributed by atoms with E-state index in [2.05, 4.69) is 10.2 Å². The molecule has 2 aromatic carbocycles. The van der Waals surface area contributed by atoms with Crippen LogP contribution in [0.1, 0.15) is 35.6 Å². The van der Waals surface area contributed by atoms with Crippen LogP contribution in [0.25, 0.3) is 17.1 Å². The molecule has 10 heteroatoms. The molecule has 0 aliphatic rings. The molecule has 1 aromatic heterocycles. The first-order chi connectivity index (χ1) is 14.5. The van der Waals surface area contributed by atoms with Gasteiger partial charge in [-0.25, -0.2) is 0 Å². The Morgan fingerprint density at radius 3 is 2.35 bits per heavy atom. The average Bonchev–Trinajstić information content (AvgIpc) is 3.13. The van der Waals surface area contributed by atoms with Crippen molar-refractivity contribution < 1.29 is 28.2 Å². The number of carbonyl (C=O) groups excluding carboxylic acids is 1. The Kier molecular flexibility index (Phi) is 5.92. The molecule has 0 saturated carbocycles. The van der Waals surface area contributed by atoms with Gasteiger partial charge < -0.3 is 15.5 Å². The molecular weight excluding hydrogens is 413 g/mol. The minimum absolute atomic E-state index is 0.0425. The Bertz CT molecular complexity index is 1110. The molecule has 0 bridgehead atoms. The van der Waals surface area contributed by atoms with Gasteiger partial charge in [0.1, 0.15) is 17.5 Å². The normalized spacial score (nSPS) is 12.6. The number of benzene rings is 2. The summed E-state index contributed by atoms with van der Waals surface area (Å²) in [5.41, 5.74) is 2.03. The highest BCUT2D eigenvalue weighted by Crippen LogP contribution is 2.35. The van der Waals surface area contributed by atoms with Crippen LogP contribution in [-0.4, -0.2) is 43.1 Å². The third-order valence-corrected chi connectivity index (χ3v) is 4.82. The van der Waals surface area contributed by atoms with Gasteiger partial charge in [-0.1, -0.05) is 24.6 Å². The maximum Gasteiger partial charge on any atom is 0.408 e. The number of nitrogens with zero attached hydrogens (tertiary/aromatic N) is 3. The number of alkyl halides is 3. The number of aromatic hydroxyl groups is 2.